The van der Waals surface area contributed by atoms with Crippen LogP contribution >= 0.6 is 12.2 Å². The third-order valence-electron chi connectivity index (χ3n) is 2.43. The van der Waals surface area contributed by atoms with Gasteiger partial charge >= 0.3 is 0 Å². The Morgan fingerprint density at radius 1 is 1.41 bits per heavy atom. The van der Waals surface area contributed by atoms with Crippen LogP contribution in [0.2, 0.25) is 0 Å². The van der Waals surface area contributed by atoms with Crippen LogP contribution in [0.1, 0.15) is 18.1 Å². The molecular weight excluding hydrogens is 236 g/mol. The lowest BCUT2D eigenvalue weighted by molar-refractivity contribution is 0.705. The van der Waals surface area contributed by atoms with Crippen LogP contribution in [-0.4, -0.2) is 19.5 Å². The third kappa shape index (κ3) is 2.65. The Morgan fingerprint density at radius 3 is 2.76 bits per heavy atom. The van der Waals surface area contributed by atoms with Gasteiger partial charge in [0.2, 0.25) is 0 Å². The lowest BCUT2D eigenvalue weighted by Crippen LogP contribution is -2.18. The molecule has 2 aromatic rings. The summed E-state index contributed by atoms with van der Waals surface area (Å²) in [6.07, 6.45) is 7.15. The molecule has 0 atom stereocenters. The molecule has 0 saturated carbocycles. The molecule has 17 heavy (non-hydrogen) atoms. The van der Waals surface area contributed by atoms with Crippen LogP contribution in [0.5, 0.6) is 0 Å². The van der Waals surface area contributed by atoms with Gasteiger partial charge in [-0.25, -0.2) is 9.97 Å². The van der Waals surface area contributed by atoms with Crippen LogP contribution in [0.4, 0.5) is 0 Å². The van der Waals surface area contributed by atoms with Gasteiger partial charge in [-0.3, -0.25) is 9.78 Å². The number of aryl methyl sites for hydroxylation is 1. The molecule has 88 valence electrons. The molecule has 0 amide bonds. The van der Waals surface area contributed by atoms with Crippen molar-refractivity contribution in [2.24, 2.45) is 0 Å². The van der Waals surface area contributed by atoms with Crippen molar-refractivity contribution in [1.82, 2.24) is 19.5 Å². The van der Waals surface area contributed by atoms with Crippen LogP contribution in [0.15, 0.2) is 29.7 Å². The molecule has 6 heteroatoms. The first kappa shape index (κ1) is 11.7. The highest BCUT2D eigenvalue weighted by atomic mass is 32.1. The van der Waals surface area contributed by atoms with Gasteiger partial charge in [0.05, 0.1) is 0 Å². The van der Waals surface area contributed by atoms with Crippen LogP contribution in [0.3, 0.4) is 0 Å². The fourth-order valence-electron chi connectivity index (χ4n) is 1.56. The van der Waals surface area contributed by atoms with E-state index in [1.54, 1.807) is 18.6 Å². The summed E-state index contributed by atoms with van der Waals surface area (Å²) in [5, 5.41) is 0. The molecule has 1 N–H and O–H groups in total. The highest BCUT2D eigenvalue weighted by molar-refractivity contribution is 7.71. The van der Waals surface area contributed by atoms with Crippen molar-refractivity contribution in [2.45, 2.75) is 19.9 Å². The summed E-state index contributed by atoms with van der Waals surface area (Å²) in [7, 11) is 0. The van der Waals surface area contributed by atoms with E-state index in [9.17, 15) is 4.79 Å². The van der Waals surface area contributed by atoms with Crippen LogP contribution in [-0.2, 0) is 13.0 Å². The van der Waals surface area contributed by atoms with E-state index in [0.717, 1.165) is 12.1 Å². The Kier molecular flexibility index (Phi) is 3.43. The summed E-state index contributed by atoms with van der Waals surface area (Å²) in [4.78, 5) is 22.2. The monoisotopic (exact) mass is 248 g/mol. The zero-order chi connectivity index (χ0) is 12.3. The van der Waals surface area contributed by atoms with Gasteiger partial charge in [0.15, 0.2) is 4.77 Å². The topological polar surface area (TPSA) is 63.6 Å². The number of hydrogen-bond acceptors (Lipinski definition) is 4. The maximum absolute atomic E-state index is 11.7. The Morgan fingerprint density at radius 2 is 2.12 bits per heavy atom. The second kappa shape index (κ2) is 5.01. The molecule has 0 bridgehead atoms. The van der Waals surface area contributed by atoms with Crippen molar-refractivity contribution >= 4 is 12.2 Å². The summed E-state index contributed by atoms with van der Waals surface area (Å²) in [6.45, 7) is 2.71. The number of nitrogens with zero attached hydrogens (tertiary/aromatic N) is 3. The zero-order valence-corrected chi connectivity index (χ0v) is 10.2. The Hall–Kier alpha value is -1.82. The number of hydrogen-bond donors (Lipinski definition) is 1. The molecular formula is C11H12N4OS. The van der Waals surface area contributed by atoms with Gasteiger partial charge in [0, 0.05) is 37.1 Å². The van der Waals surface area contributed by atoms with Crippen molar-refractivity contribution in [3.63, 3.8) is 0 Å². The van der Waals surface area contributed by atoms with Gasteiger partial charge < -0.3 is 4.57 Å². The minimum Gasteiger partial charge on any atom is -0.325 e. The average Bonchev–Trinajstić information content (AvgIpc) is 2.34. The van der Waals surface area contributed by atoms with E-state index < -0.39 is 0 Å². The number of rotatable bonds is 3. The quantitative estimate of drug-likeness (QED) is 0.832. The SMILES string of the molecule is CCn1cc(Cc2cncnc2)c(=O)[nH]c1=S. The predicted molar refractivity (Wildman–Crippen MR) is 66.4 cm³/mol. The van der Waals surface area contributed by atoms with Gasteiger partial charge in [0.1, 0.15) is 6.33 Å². The maximum atomic E-state index is 11.7. The van der Waals surface area contributed by atoms with Crippen molar-refractivity contribution in [3.05, 3.63) is 51.2 Å². The molecule has 0 aromatic carbocycles. The minimum absolute atomic E-state index is 0.149. The number of aromatic amines is 1. The lowest BCUT2D eigenvalue weighted by Gasteiger charge is -2.06. The molecule has 0 fully saturated rings. The summed E-state index contributed by atoms with van der Waals surface area (Å²) >= 11 is 5.05. The Bertz CT molecular complexity index is 617. The smallest absolute Gasteiger partial charge is 0.255 e. The molecule has 2 aromatic heterocycles. The Labute approximate surface area is 103 Å². The molecule has 2 rings (SSSR count). The van der Waals surface area contributed by atoms with Crippen molar-refractivity contribution in [2.75, 3.05) is 0 Å². The molecule has 0 spiro atoms. The molecule has 2 heterocycles. The summed E-state index contributed by atoms with van der Waals surface area (Å²) in [5.74, 6) is 0. The summed E-state index contributed by atoms with van der Waals surface area (Å²) in [6, 6.07) is 0. The molecule has 0 aliphatic carbocycles. The fourth-order valence-corrected chi connectivity index (χ4v) is 1.83. The van der Waals surface area contributed by atoms with Gasteiger partial charge in [-0.15, -0.1) is 0 Å². The van der Waals surface area contributed by atoms with E-state index >= 15 is 0 Å². The van der Waals surface area contributed by atoms with Crippen molar-refractivity contribution < 1.29 is 0 Å². The fraction of sp³-hybridized carbons (Fsp3) is 0.273. The van der Waals surface area contributed by atoms with Gasteiger partial charge in [-0.2, -0.15) is 0 Å². The first-order valence-corrected chi connectivity index (χ1v) is 5.68. The van der Waals surface area contributed by atoms with E-state index in [0.29, 0.717) is 16.8 Å². The van der Waals surface area contributed by atoms with Crippen LogP contribution < -0.4 is 5.56 Å². The minimum atomic E-state index is -0.149. The highest BCUT2D eigenvalue weighted by Crippen LogP contribution is 2.02. The lowest BCUT2D eigenvalue weighted by atomic mass is 10.1. The second-order valence-corrected chi connectivity index (χ2v) is 4.01. The molecule has 0 radical (unpaired) electrons. The molecule has 5 nitrogen and oxygen atoms in total. The van der Waals surface area contributed by atoms with E-state index in [4.69, 9.17) is 12.2 Å². The summed E-state index contributed by atoms with van der Waals surface area (Å²) < 4.78 is 2.28. The number of aromatic nitrogens is 4. The molecule has 0 aliphatic heterocycles. The van der Waals surface area contributed by atoms with Crippen LogP contribution in [0.25, 0.3) is 0 Å². The van der Waals surface area contributed by atoms with Crippen molar-refractivity contribution in [3.8, 4) is 0 Å². The zero-order valence-electron chi connectivity index (χ0n) is 9.38. The van der Waals surface area contributed by atoms with Gasteiger partial charge in [-0.05, 0) is 24.7 Å². The first-order chi connectivity index (χ1) is 8.20. The predicted octanol–water partition coefficient (Wildman–Crippen LogP) is 1.31. The van der Waals surface area contributed by atoms with E-state index in [-0.39, 0.29) is 5.56 Å². The maximum Gasteiger partial charge on any atom is 0.255 e. The average molecular weight is 248 g/mol. The number of nitrogens with one attached hydrogen (secondary N) is 1. The third-order valence-corrected chi connectivity index (χ3v) is 2.77. The molecule has 0 aliphatic rings. The Balaban J connectivity index is 2.40. The normalized spacial score (nSPS) is 10.4. The second-order valence-electron chi connectivity index (χ2n) is 3.62. The number of H-pyrrole nitrogens is 1. The van der Waals surface area contributed by atoms with E-state index in [2.05, 4.69) is 15.0 Å². The standard InChI is InChI=1S/C11H12N4OS/c1-2-15-6-9(10(16)14-11(15)17)3-8-4-12-7-13-5-8/h4-7H,2-3H2,1H3,(H,14,16,17). The first-order valence-electron chi connectivity index (χ1n) is 5.27. The van der Waals surface area contributed by atoms with E-state index in [1.165, 1.54) is 6.33 Å². The van der Waals surface area contributed by atoms with E-state index in [1.807, 2.05) is 11.5 Å². The summed E-state index contributed by atoms with van der Waals surface area (Å²) in [5.41, 5.74) is 1.41. The highest BCUT2D eigenvalue weighted by Gasteiger charge is 2.03. The van der Waals surface area contributed by atoms with Crippen LogP contribution in [0, 0.1) is 4.77 Å². The van der Waals surface area contributed by atoms with Gasteiger partial charge in [-0.1, -0.05) is 0 Å². The molecule has 0 unspecified atom stereocenters. The molecule has 0 saturated heterocycles. The van der Waals surface area contributed by atoms with Gasteiger partial charge in [0.25, 0.3) is 5.56 Å². The van der Waals surface area contributed by atoms with Crippen molar-refractivity contribution in [1.29, 1.82) is 0 Å². The largest absolute Gasteiger partial charge is 0.325 e.